The summed E-state index contributed by atoms with van der Waals surface area (Å²) in [6, 6.07) is 8.42. The van der Waals surface area contributed by atoms with Gasteiger partial charge in [0.2, 0.25) is 10.0 Å². The highest BCUT2D eigenvalue weighted by molar-refractivity contribution is 7.89. The molecule has 6 nitrogen and oxygen atoms in total. The number of halogens is 2. The van der Waals surface area contributed by atoms with E-state index in [-0.39, 0.29) is 22.7 Å². The van der Waals surface area contributed by atoms with Crippen molar-refractivity contribution in [1.29, 1.82) is 0 Å². The lowest BCUT2D eigenvalue weighted by atomic mass is 10.2. The van der Waals surface area contributed by atoms with Crippen molar-refractivity contribution < 1.29 is 22.0 Å². The van der Waals surface area contributed by atoms with E-state index < -0.39 is 27.6 Å². The minimum atomic E-state index is -3.76. The zero-order valence-electron chi connectivity index (χ0n) is 15.0. The number of hydrogen-bond donors (Lipinski definition) is 2. The van der Waals surface area contributed by atoms with Crippen LogP contribution in [0, 0.1) is 11.6 Å². The number of nitrogens with one attached hydrogen (secondary N) is 2. The van der Waals surface area contributed by atoms with E-state index in [0.717, 1.165) is 18.7 Å². The van der Waals surface area contributed by atoms with Crippen molar-refractivity contribution in [1.82, 2.24) is 9.62 Å². The topological polar surface area (TPSA) is 78.5 Å². The molecule has 0 fully saturated rings. The molecular formula is C18H21F2N3O3S. The highest BCUT2D eigenvalue weighted by Crippen LogP contribution is 2.16. The molecule has 0 aliphatic carbocycles. The predicted molar refractivity (Wildman–Crippen MR) is 99.1 cm³/mol. The van der Waals surface area contributed by atoms with Gasteiger partial charge >= 0.3 is 0 Å². The molecule has 0 aliphatic rings. The summed E-state index contributed by atoms with van der Waals surface area (Å²) in [6.45, 7) is 1.00. The fourth-order valence-corrected chi connectivity index (χ4v) is 3.39. The van der Waals surface area contributed by atoms with Gasteiger partial charge < -0.3 is 10.2 Å². The molecule has 0 aromatic heterocycles. The van der Waals surface area contributed by atoms with Gasteiger partial charge in [-0.05, 0) is 57.4 Å². The van der Waals surface area contributed by atoms with Gasteiger partial charge in [0.1, 0.15) is 0 Å². The minimum Gasteiger partial charge on any atom is -0.322 e. The number of anilines is 1. The zero-order chi connectivity index (χ0) is 20.0. The van der Waals surface area contributed by atoms with E-state index in [4.69, 9.17) is 0 Å². The van der Waals surface area contributed by atoms with Crippen molar-refractivity contribution in [3.05, 3.63) is 59.7 Å². The standard InChI is InChI=1S/C18H21F2N3O3S/c1-23(2)10-4-9-21-27(25,26)15-6-3-5-13(11-15)18(24)22-14-7-8-16(19)17(20)12-14/h3,5-8,11-12,21H,4,9-10H2,1-2H3,(H,22,24). The second-order valence-electron chi connectivity index (χ2n) is 6.17. The first-order valence-corrected chi connectivity index (χ1v) is 9.68. The van der Waals surface area contributed by atoms with Crippen molar-refractivity contribution in [3.8, 4) is 0 Å². The molecule has 146 valence electrons. The van der Waals surface area contributed by atoms with Crippen LogP contribution in [0.5, 0.6) is 0 Å². The molecule has 0 atom stereocenters. The molecule has 27 heavy (non-hydrogen) atoms. The summed E-state index contributed by atoms with van der Waals surface area (Å²) in [5.41, 5.74) is 0.143. The van der Waals surface area contributed by atoms with Crippen LogP contribution in [0.4, 0.5) is 14.5 Å². The van der Waals surface area contributed by atoms with Crippen molar-refractivity contribution in [2.45, 2.75) is 11.3 Å². The first-order valence-electron chi connectivity index (χ1n) is 8.20. The molecule has 2 rings (SSSR count). The van der Waals surface area contributed by atoms with Gasteiger partial charge in [-0.15, -0.1) is 0 Å². The summed E-state index contributed by atoms with van der Waals surface area (Å²) >= 11 is 0. The second-order valence-corrected chi connectivity index (χ2v) is 7.93. The van der Waals surface area contributed by atoms with Gasteiger partial charge in [-0.2, -0.15) is 0 Å². The van der Waals surface area contributed by atoms with E-state index in [1.165, 1.54) is 30.3 Å². The maximum Gasteiger partial charge on any atom is 0.255 e. The van der Waals surface area contributed by atoms with E-state index in [2.05, 4.69) is 10.0 Å². The Labute approximate surface area is 157 Å². The third-order valence-corrected chi connectivity index (χ3v) is 5.12. The summed E-state index contributed by atoms with van der Waals surface area (Å²) < 4.78 is 53.4. The van der Waals surface area contributed by atoms with E-state index >= 15 is 0 Å². The Balaban J connectivity index is 2.09. The summed E-state index contributed by atoms with van der Waals surface area (Å²) in [6.07, 6.45) is 0.641. The predicted octanol–water partition coefficient (Wildman–Crippen LogP) is 2.45. The first kappa shape index (κ1) is 20.9. The van der Waals surface area contributed by atoms with Crippen molar-refractivity contribution >= 4 is 21.6 Å². The highest BCUT2D eigenvalue weighted by atomic mass is 32.2. The number of nitrogens with zero attached hydrogens (tertiary/aromatic N) is 1. The van der Waals surface area contributed by atoms with Crippen molar-refractivity contribution in [3.63, 3.8) is 0 Å². The lowest BCUT2D eigenvalue weighted by Gasteiger charge is -2.11. The monoisotopic (exact) mass is 397 g/mol. The Hall–Kier alpha value is -2.36. The molecule has 2 N–H and O–H groups in total. The van der Waals surface area contributed by atoms with Gasteiger partial charge in [0, 0.05) is 23.9 Å². The van der Waals surface area contributed by atoms with Crippen LogP contribution in [0.3, 0.4) is 0 Å². The molecule has 0 bridgehead atoms. The summed E-state index contributed by atoms with van der Waals surface area (Å²) in [5, 5.41) is 2.40. The van der Waals surface area contributed by atoms with Crippen molar-refractivity contribution in [2.24, 2.45) is 0 Å². The first-order chi connectivity index (χ1) is 12.7. The summed E-state index contributed by atoms with van der Waals surface area (Å²) in [7, 11) is 0.0273. The average Bonchev–Trinajstić information content (AvgIpc) is 2.62. The van der Waals surface area contributed by atoms with Crippen LogP contribution >= 0.6 is 0 Å². The molecule has 0 unspecified atom stereocenters. The van der Waals surface area contributed by atoms with Crippen molar-refractivity contribution in [2.75, 3.05) is 32.5 Å². The van der Waals surface area contributed by atoms with E-state index in [0.29, 0.717) is 6.42 Å². The molecule has 0 aliphatic heterocycles. The van der Waals surface area contributed by atoms with Crippen LogP contribution < -0.4 is 10.0 Å². The van der Waals surface area contributed by atoms with Crippen LogP contribution in [-0.2, 0) is 10.0 Å². The molecule has 0 spiro atoms. The fraction of sp³-hybridized carbons (Fsp3) is 0.278. The summed E-state index contributed by atoms with van der Waals surface area (Å²) in [4.78, 5) is 14.2. The molecular weight excluding hydrogens is 376 g/mol. The highest BCUT2D eigenvalue weighted by Gasteiger charge is 2.16. The Bertz CT molecular complexity index is 918. The van der Waals surface area contributed by atoms with Crippen LogP contribution in [0.2, 0.25) is 0 Å². The molecule has 1 amide bonds. The van der Waals surface area contributed by atoms with E-state index in [9.17, 15) is 22.0 Å². The van der Waals surface area contributed by atoms with Crippen LogP contribution in [0.25, 0.3) is 0 Å². The van der Waals surface area contributed by atoms with Crippen LogP contribution in [0.15, 0.2) is 47.4 Å². The maximum absolute atomic E-state index is 13.2. The average molecular weight is 397 g/mol. The molecule has 9 heteroatoms. The number of benzene rings is 2. The Kier molecular flexibility index (Phi) is 7.00. The number of rotatable bonds is 8. The van der Waals surface area contributed by atoms with E-state index in [1.807, 2.05) is 19.0 Å². The molecule has 2 aromatic rings. The van der Waals surface area contributed by atoms with E-state index in [1.54, 1.807) is 0 Å². The fourth-order valence-electron chi connectivity index (χ4n) is 2.27. The van der Waals surface area contributed by atoms with Gasteiger partial charge in [0.25, 0.3) is 5.91 Å². The third-order valence-electron chi connectivity index (χ3n) is 3.66. The molecule has 0 saturated carbocycles. The van der Waals surface area contributed by atoms with Gasteiger partial charge in [-0.3, -0.25) is 4.79 Å². The Morgan fingerprint density at radius 2 is 1.81 bits per heavy atom. The normalized spacial score (nSPS) is 11.6. The Morgan fingerprint density at radius 3 is 2.48 bits per heavy atom. The number of amides is 1. The molecule has 0 radical (unpaired) electrons. The SMILES string of the molecule is CN(C)CCCNS(=O)(=O)c1cccc(C(=O)Nc2ccc(F)c(F)c2)c1. The quantitative estimate of drug-likeness (QED) is 0.671. The Morgan fingerprint density at radius 1 is 1.07 bits per heavy atom. The summed E-state index contributed by atoms with van der Waals surface area (Å²) in [5.74, 6) is -2.75. The number of hydrogen-bond acceptors (Lipinski definition) is 4. The minimum absolute atomic E-state index is 0.0507. The zero-order valence-corrected chi connectivity index (χ0v) is 15.8. The number of carbonyl (C=O) groups is 1. The lowest BCUT2D eigenvalue weighted by molar-refractivity contribution is 0.102. The van der Waals surface area contributed by atoms with Crippen LogP contribution in [0.1, 0.15) is 16.8 Å². The molecule has 2 aromatic carbocycles. The van der Waals surface area contributed by atoms with Gasteiger partial charge in [-0.25, -0.2) is 21.9 Å². The maximum atomic E-state index is 13.2. The number of carbonyl (C=O) groups excluding carboxylic acids is 1. The van der Waals surface area contributed by atoms with Gasteiger partial charge in [0.15, 0.2) is 11.6 Å². The second kappa shape index (κ2) is 9.03. The van der Waals surface area contributed by atoms with Crippen LogP contribution in [-0.4, -0.2) is 46.4 Å². The number of sulfonamides is 1. The molecule has 0 saturated heterocycles. The largest absolute Gasteiger partial charge is 0.322 e. The smallest absolute Gasteiger partial charge is 0.255 e. The van der Waals surface area contributed by atoms with Gasteiger partial charge in [0.05, 0.1) is 4.90 Å². The third kappa shape index (κ3) is 6.09. The lowest BCUT2D eigenvalue weighted by Crippen LogP contribution is -2.27. The molecule has 0 heterocycles. The van der Waals surface area contributed by atoms with Gasteiger partial charge in [-0.1, -0.05) is 6.07 Å².